The molecule has 0 aromatic carbocycles. The van der Waals surface area contributed by atoms with Gasteiger partial charge in [0.1, 0.15) is 5.69 Å². The summed E-state index contributed by atoms with van der Waals surface area (Å²) < 4.78 is 33.6. The molecule has 4 heterocycles. The topological polar surface area (TPSA) is 78.7 Å². The lowest BCUT2D eigenvalue weighted by atomic mass is 9.88. The quantitative estimate of drug-likeness (QED) is 0.802. The molecule has 2 aromatic rings. The smallest absolute Gasteiger partial charge is 0.475 e. The van der Waals surface area contributed by atoms with Crippen LogP contribution < -0.4 is 4.90 Å². The van der Waals surface area contributed by atoms with E-state index in [1.165, 1.54) is 5.69 Å². The number of piperidine rings is 1. The molecule has 2 fully saturated rings. The molecule has 4 rings (SSSR count). The van der Waals surface area contributed by atoms with E-state index in [1.807, 2.05) is 53.3 Å². The molecule has 2 aromatic heterocycles. The maximum Gasteiger partial charge on any atom is 0.490 e. The molecule has 0 aliphatic carbocycles. The second-order valence-electron chi connectivity index (χ2n) is 7.48. The van der Waals surface area contributed by atoms with Crippen molar-refractivity contribution >= 4 is 17.6 Å². The molecule has 2 saturated heterocycles. The number of carboxylic acid groups (broad SMARTS) is 1. The number of likely N-dealkylation sites (tertiary alicyclic amines) is 1. The highest BCUT2D eigenvalue weighted by atomic mass is 19.4. The molecule has 30 heavy (non-hydrogen) atoms. The van der Waals surface area contributed by atoms with Crippen molar-refractivity contribution in [1.29, 1.82) is 0 Å². The Hall–Kier alpha value is -3.04. The third-order valence-electron chi connectivity index (χ3n) is 5.50. The minimum absolute atomic E-state index is 0.167. The number of pyridine rings is 1. The first-order valence-electron chi connectivity index (χ1n) is 9.52. The molecular weight excluding hydrogens is 401 g/mol. The fourth-order valence-electron chi connectivity index (χ4n) is 3.96. The molecule has 2 atom stereocenters. The molecule has 162 valence electrons. The zero-order chi connectivity index (χ0) is 21.9. The Morgan fingerprint density at radius 2 is 1.83 bits per heavy atom. The number of nitrogens with zero attached hydrogens (tertiary/aromatic N) is 4. The summed E-state index contributed by atoms with van der Waals surface area (Å²) in [5.74, 6) is -1.40. The van der Waals surface area contributed by atoms with Crippen molar-refractivity contribution in [2.45, 2.75) is 12.6 Å². The van der Waals surface area contributed by atoms with Crippen LogP contribution in [0.1, 0.15) is 16.9 Å². The maximum atomic E-state index is 12.7. The Labute approximate surface area is 171 Å². The summed E-state index contributed by atoms with van der Waals surface area (Å²) in [6.07, 6.45) is 1.74. The van der Waals surface area contributed by atoms with Gasteiger partial charge in [-0.3, -0.25) is 9.78 Å². The molecule has 10 heteroatoms. The van der Waals surface area contributed by atoms with Gasteiger partial charge in [0, 0.05) is 45.6 Å². The fraction of sp³-hybridized carbons (Fsp3) is 0.450. The summed E-state index contributed by atoms with van der Waals surface area (Å²) in [6.45, 7) is 3.84. The minimum Gasteiger partial charge on any atom is -0.475 e. The Bertz CT molecular complexity index is 885. The van der Waals surface area contributed by atoms with E-state index in [0.29, 0.717) is 11.8 Å². The number of hydrogen-bond acceptors (Lipinski definition) is 4. The van der Waals surface area contributed by atoms with Crippen LogP contribution in [0.15, 0.2) is 42.9 Å². The first-order valence-corrected chi connectivity index (χ1v) is 9.52. The molecule has 0 saturated carbocycles. The van der Waals surface area contributed by atoms with E-state index >= 15 is 0 Å². The minimum atomic E-state index is -5.08. The third kappa shape index (κ3) is 4.92. The average molecular weight is 424 g/mol. The number of amides is 1. The van der Waals surface area contributed by atoms with Gasteiger partial charge in [-0.2, -0.15) is 13.2 Å². The summed E-state index contributed by atoms with van der Waals surface area (Å²) in [7, 11) is 1.93. The Morgan fingerprint density at radius 1 is 1.13 bits per heavy atom. The highest BCUT2D eigenvalue weighted by Crippen LogP contribution is 2.33. The van der Waals surface area contributed by atoms with E-state index in [0.717, 1.165) is 38.3 Å². The summed E-state index contributed by atoms with van der Waals surface area (Å²) in [5, 5.41) is 7.12. The Morgan fingerprint density at radius 3 is 2.40 bits per heavy atom. The van der Waals surface area contributed by atoms with Crippen molar-refractivity contribution in [3.05, 3.63) is 48.5 Å². The van der Waals surface area contributed by atoms with E-state index in [9.17, 15) is 18.0 Å². The highest BCUT2D eigenvalue weighted by molar-refractivity contribution is 5.93. The first-order chi connectivity index (χ1) is 14.2. The number of carboxylic acids is 1. The summed E-state index contributed by atoms with van der Waals surface area (Å²) in [5.41, 5.74) is 1.98. The Kier molecular flexibility index (Phi) is 6.33. The average Bonchev–Trinajstić information content (AvgIpc) is 3.33. The summed E-state index contributed by atoms with van der Waals surface area (Å²) >= 11 is 0. The number of fused-ring (bicyclic) bond motifs is 1. The highest BCUT2D eigenvalue weighted by Gasteiger charge is 2.39. The monoisotopic (exact) mass is 424 g/mol. The molecule has 2 aliphatic heterocycles. The van der Waals surface area contributed by atoms with Crippen LogP contribution in [0.5, 0.6) is 0 Å². The second-order valence-corrected chi connectivity index (χ2v) is 7.48. The van der Waals surface area contributed by atoms with Crippen LogP contribution in [-0.4, -0.2) is 63.8 Å². The largest absolute Gasteiger partial charge is 0.490 e. The van der Waals surface area contributed by atoms with Crippen LogP contribution in [0.3, 0.4) is 0 Å². The van der Waals surface area contributed by atoms with Crippen molar-refractivity contribution in [1.82, 2.24) is 14.5 Å². The van der Waals surface area contributed by atoms with Crippen LogP contribution in [0.2, 0.25) is 0 Å². The van der Waals surface area contributed by atoms with Crippen molar-refractivity contribution in [3.8, 4) is 0 Å². The maximum absolute atomic E-state index is 12.7. The lowest BCUT2D eigenvalue weighted by Crippen LogP contribution is -2.40. The molecule has 7 nitrogen and oxygen atoms in total. The van der Waals surface area contributed by atoms with E-state index in [2.05, 4.69) is 16.0 Å². The third-order valence-corrected chi connectivity index (χ3v) is 5.50. The van der Waals surface area contributed by atoms with Gasteiger partial charge < -0.3 is 19.5 Å². The van der Waals surface area contributed by atoms with Gasteiger partial charge in [-0.05, 0) is 42.5 Å². The lowest BCUT2D eigenvalue weighted by Gasteiger charge is -2.35. The van der Waals surface area contributed by atoms with Crippen LogP contribution in [-0.2, 0) is 11.8 Å². The molecule has 0 bridgehead atoms. The standard InChI is InChI=1S/C18H22N4O.C2HF3O2/c1-20-8-3-5-17(20)18(23)22-11-14-6-9-21(12-15(14)13-22)16-4-2-7-19-10-16;3-2(4,5)1(6)7/h2-5,7-8,10,14-15H,6,9,11-13H2,1H3;(H,6,7)/t14-,15+;/m0./s1. The van der Waals surface area contributed by atoms with Gasteiger partial charge in [0.25, 0.3) is 5.91 Å². The number of aromatic nitrogens is 2. The predicted molar refractivity (Wildman–Crippen MR) is 103 cm³/mol. The number of halogens is 3. The molecular formula is C20H23F3N4O3. The van der Waals surface area contributed by atoms with Gasteiger partial charge >= 0.3 is 12.1 Å². The molecule has 1 N–H and O–H groups in total. The van der Waals surface area contributed by atoms with Gasteiger partial charge in [-0.15, -0.1) is 0 Å². The van der Waals surface area contributed by atoms with Crippen molar-refractivity contribution < 1.29 is 27.9 Å². The predicted octanol–water partition coefficient (Wildman–Crippen LogP) is 2.65. The van der Waals surface area contributed by atoms with Crippen LogP contribution in [0, 0.1) is 11.8 Å². The van der Waals surface area contributed by atoms with E-state index < -0.39 is 12.1 Å². The molecule has 1 amide bonds. The number of rotatable bonds is 2. The van der Waals surface area contributed by atoms with Crippen LogP contribution in [0.4, 0.5) is 18.9 Å². The van der Waals surface area contributed by atoms with Gasteiger partial charge in [-0.1, -0.05) is 0 Å². The van der Waals surface area contributed by atoms with Gasteiger partial charge in [-0.25, -0.2) is 4.79 Å². The number of aliphatic carboxylic acids is 1. The molecule has 0 radical (unpaired) electrons. The van der Waals surface area contributed by atoms with Gasteiger partial charge in [0.05, 0.1) is 11.9 Å². The number of carbonyl (C=O) groups excluding carboxylic acids is 1. The van der Waals surface area contributed by atoms with Gasteiger partial charge in [0.15, 0.2) is 0 Å². The SMILES string of the molecule is Cn1cccc1C(=O)N1C[C@@H]2CCN(c3cccnc3)C[C@@H]2C1.O=C(O)C(F)(F)F. The van der Waals surface area contributed by atoms with Crippen molar-refractivity contribution in [2.75, 3.05) is 31.1 Å². The molecule has 2 aliphatic rings. The summed E-state index contributed by atoms with van der Waals surface area (Å²) in [4.78, 5) is 30.3. The number of hydrogen-bond donors (Lipinski definition) is 1. The number of carbonyl (C=O) groups is 2. The zero-order valence-electron chi connectivity index (χ0n) is 16.4. The Balaban J connectivity index is 0.000000318. The van der Waals surface area contributed by atoms with Crippen molar-refractivity contribution in [2.24, 2.45) is 18.9 Å². The number of alkyl halides is 3. The lowest BCUT2D eigenvalue weighted by molar-refractivity contribution is -0.192. The number of aryl methyl sites for hydroxylation is 1. The van der Waals surface area contributed by atoms with Crippen molar-refractivity contribution in [3.63, 3.8) is 0 Å². The van der Waals surface area contributed by atoms with E-state index in [1.54, 1.807) is 0 Å². The normalized spacial score (nSPS) is 20.9. The van der Waals surface area contributed by atoms with E-state index in [-0.39, 0.29) is 5.91 Å². The van der Waals surface area contributed by atoms with Crippen LogP contribution >= 0.6 is 0 Å². The van der Waals surface area contributed by atoms with Crippen LogP contribution in [0.25, 0.3) is 0 Å². The summed E-state index contributed by atoms with van der Waals surface area (Å²) in [6, 6.07) is 7.95. The second kappa shape index (κ2) is 8.76. The number of anilines is 1. The zero-order valence-corrected chi connectivity index (χ0v) is 16.4. The van der Waals surface area contributed by atoms with E-state index in [4.69, 9.17) is 9.90 Å². The molecule has 0 unspecified atom stereocenters. The molecule has 0 spiro atoms. The first kappa shape index (κ1) is 21.7. The fourth-order valence-corrected chi connectivity index (χ4v) is 3.96. The van der Waals surface area contributed by atoms with Gasteiger partial charge in [0.2, 0.25) is 0 Å².